The summed E-state index contributed by atoms with van der Waals surface area (Å²) in [6.07, 6.45) is 3.69. The van der Waals surface area contributed by atoms with Crippen LogP contribution in [0.2, 0.25) is 0 Å². The standard InChI is InChI=1S/C20H19N5O2/c1-14-3-8-19(27-14)17-11-18(24-23-17)20(26)21-12-15-4-6-16(7-5-15)13-25-10-2-9-22-25/h2-11H,12-13H2,1H3,(H,21,26)(H,23,24). The molecule has 4 rings (SSSR count). The summed E-state index contributed by atoms with van der Waals surface area (Å²) >= 11 is 0. The first kappa shape index (κ1) is 16.8. The SMILES string of the molecule is Cc1ccc(-c2cc(C(=O)NCc3ccc(Cn4cccn4)cc3)n[nH]2)o1. The van der Waals surface area contributed by atoms with Gasteiger partial charge in [0.1, 0.15) is 11.5 Å². The van der Waals surface area contributed by atoms with E-state index in [9.17, 15) is 4.79 Å². The number of hydrogen-bond acceptors (Lipinski definition) is 4. The number of benzene rings is 1. The van der Waals surface area contributed by atoms with E-state index in [1.54, 1.807) is 12.3 Å². The number of hydrogen-bond donors (Lipinski definition) is 2. The Hall–Kier alpha value is -3.61. The molecule has 0 spiro atoms. The van der Waals surface area contributed by atoms with Crippen LogP contribution in [0.1, 0.15) is 27.4 Å². The normalized spacial score (nSPS) is 10.9. The monoisotopic (exact) mass is 361 g/mol. The number of H-pyrrole nitrogens is 1. The molecule has 0 fully saturated rings. The lowest BCUT2D eigenvalue weighted by Gasteiger charge is -2.06. The molecular weight excluding hydrogens is 342 g/mol. The van der Waals surface area contributed by atoms with Crippen LogP contribution in [0, 0.1) is 6.92 Å². The van der Waals surface area contributed by atoms with Gasteiger partial charge in [-0.05, 0) is 36.2 Å². The van der Waals surface area contributed by atoms with Gasteiger partial charge in [0.05, 0.1) is 6.54 Å². The van der Waals surface area contributed by atoms with Crippen molar-refractivity contribution in [3.8, 4) is 11.5 Å². The lowest BCUT2D eigenvalue weighted by Crippen LogP contribution is -2.23. The highest BCUT2D eigenvalue weighted by molar-refractivity contribution is 5.93. The van der Waals surface area contributed by atoms with Gasteiger partial charge in [-0.25, -0.2) is 0 Å². The highest BCUT2D eigenvalue weighted by Crippen LogP contribution is 2.20. The Morgan fingerprint density at radius 1 is 1.19 bits per heavy atom. The van der Waals surface area contributed by atoms with Crippen molar-refractivity contribution in [2.45, 2.75) is 20.0 Å². The number of aromatic amines is 1. The number of amides is 1. The molecule has 0 saturated heterocycles. The Labute approximate surface area is 156 Å². The van der Waals surface area contributed by atoms with Crippen molar-refractivity contribution in [3.05, 3.63) is 83.5 Å². The molecular formula is C20H19N5O2. The van der Waals surface area contributed by atoms with Gasteiger partial charge in [-0.3, -0.25) is 14.6 Å². The zero-order chi connectivity index (χ0) is 18.6. The molecule has 0 aliphatic heterocycles. The maximum atomic E-state index is 12.3. The summed E-state index contributed by atoms with van der Waals surface area (Å²) in [5, 5.41) is 14.0. The number of nitrogens with one attached hydrogen (secondary N) is 2. The molecule has 3 aromatic heterocycles. The van der Waals surface area contributed by atoms with Gasteiger partial charge in [0.15, 0.2) is 11.5 Å². The average Bonchev–Trinajstić information content (AvgIpc) is 3.42. The summed E-state index contributed by atoms with van der Waals surface area (Å²) in [6.45, 7) is 3.03. The molecule has 0 atom stereocenters. The van der Waals surface area contributed by atoms with Crippen molar-refractivity contribution >= 4 is 5.91 Å². The van der Waals surface area contributed by atoms with Crippen LogP contribution in [-0.4, -0.2) is 25.9 Å². The molecule has 1 aromatic carbocycles. The molecule has 1 amide bonds. The molecule has 0 bridgehead atoms. The minimum Gasteiger partial charge on any atom is -0.460 e. The second-order valence-corrected chi connectivity index (χ2v) is 6.28. The third-order valence-corrected chi connectivity index (χ3v) is 4.20. The Kier molecular flexibility index (Phi) is 4.57. The Balaban J connectivity index is 1.34. The maximum Gasteiger partial charge on any atom is 0.272 e. The first-order chi connectivity index (χ1) is 13.2. The van der Waals surface area contributed by atoms with Gasteiger partial charge < -0.3 is 9.73 Å². The molecule has 0 radical (unpaired) electrons. The van der Waals surface area contributed by atoms with Crippen LogP contribution >= 0.6 is 0 Å². The quantitative estimate of drug-likeness (QED) is 0.552. The summed E-state index contributed by atoms with van der Waals surface area (Å²) < 4.78 is 7.40. The van der Waals surface area contributed by atoms with Gasteiger partial charge in [-0.15, -0.1) is 0 Å². The molecule has 0 aliphatic rings. The first-order valence-corrected chi connectivity index (χ1v) is 8.63. The van der Waals surface area contributed by atoms with Crippen molar-refractivity contribution in [1.82, 2.24) is 25.3 Å². The van der Waals surface area contributed by atoms with Crippen LogP contribution in [-0.2, 0) is 13.1 Å². The third kappa shape index (κ3) is 3.98. The van der Waals surface area contributed by atoms with Crippen molar-refractivity contribution in [3.63, 3.8) is 0 Å². The predicted octanol–water partition coefficient (Wildman–Crippen LogP) is 3.15. The van der Waals surface area contributed by atoms with Gasteiger partial charge in [0.25, 0.3) is 5.91 Å². The predicted molar refractivity (Wildman–Crippen MR) is 100.0 cm³/mol. The molecule has 4 aromatic rings. The number of carbonyl (C=O) groups excluding carboxylic acids is 1. The third-order valence-electron chi connectivity index (χ3n) is 4.20. The van der Waals surface area contributed by atoms with E-state index in [1.165, 1.54) is 0 Å². The number of furan rings is 1. The average molecular weight is 361 g/mol. The Bertz CT molecular complexity index is 1030. The van der Waals surface area contributed by atoms with Crippen LogP contribution in [0.3, 0.4) is 0 Å². The van der Waals surface area contributed by atoms with Gasteiger partial charge in [-0.2, -0.15) is 10.2 Å². The first-order valence-electron chi connectivity index (χ1n) is 8.63. The van der Waals surface area contributed by atoms with Gasteiger partial charge in [-0.1, -0.05) is 24.3 Å². The van der Waals surface area contributed by atoms with Crippen LogP contribution < -0.4 is 5.32 Å². The largest absolute Gasteiger partial charge is 0.460 e. The molecule has 27 heavy (non-hydrogen) atoms. The second kappa shape index (κ2) is 7.33. The van der Waals surface area contributed by atoms with E-state index in [0.717, 1.165) is 23.4 Å². The van der Waals surface area contributed by atoms with Gasteiger partial charge in [0.2, 0.25) is 0 Å². The number of rotatable bonds is 6. The molecule has 7 nitrogen and oxygen atoms in total. The van der Waals surface area contributed by atoms with Crippen LogP contribution in [0.5, 0.6) is 0 Å². The summed E-state index contributed by atoms with van der Waals surface area (Å²) in [5.41, 5.74) is 3.18. The molecule has 7 heteroatoms. The minimum absolute atomic E-state index is 0.235. The van der Waals surface area contributed by atoms with E-state index in [2.05, 4.69) is 20.6 Å². The minimum atomic E-state index is -0.235. The molecule has 2 N–H and O–H groups in total. The van der Waals surface area contributed by atoms with Crippen LogP contribution in [0.4, 0.5) is 0 Å². The smallest absolute Gasteiger partial charge is 0.272 e. The van der Waals surface area contributed by atoms with Gasteiger partial charge in [0, 0.05) is 25.0 Å². The topological polar surface area (TPSA) is 88.7 Å². The molecule has 136 valence electrons. The Morgan fingerprint density at radius 2 is 2.00 bits per heavy atom. The van der Waals surface area contributed by atoms with Crippen LogP contribution in [0.15, 0.2) is 65.3 Å². The Morgan fingerprint density at radius 3 is 2.70 bits per heavy atom. The van der Waals surface area contributed by atoms with E-state index in [4.69, 9.17) is 4.42 Å². The number of carbonyl (C=O) groups is 1. The molecule has 0 unspecified atom stereocenters. The van der Waals surface area contributed by atoms with Gasteiger partial charge >= 0.3 is 0 Å². The highest BCUT2D eigenvalue weighted by Gasteiger charge is 2.13. The maximum absolute atomic E-state index is 12.3. The summed E-state index contributed by atoms with van der Waals surface area (Å²) in [4.78, 5) is 12.3. The van der Waals surface area contributed by atoms with E-state index in [-0.39, 0.29) is 5.91 Å². The number of nitrogens with zero attached hydrogens (tertiary/aromatic N) is 3. The van der Waals surface area contributed by atoms with E-state index in [0.29, 0.717) is 23.7 Å². The number of aromatic nitrogens is 4. The van der Waals surface area contributed by atoms with E-state index in [1.807, 2.05) is 60.3 Å². The molecule has 0 aliphatic carbocycles. The second-order valence-electron chi connectivity index (χ2n) is 6.28. The fourth-order valence-electron chi connectivity index (χ4n) is 2.76. The zero-order valence-electron chi connectivity index (χ0n) is 14.8. The van der Waals surface area contributed by atoms with Crippen molar-refractivity contribution in [2.24, 2.45) is 0 Å². The molecule has 0 saturated carbocycles. The summed E-state index contributed by atoms with van der Waals surface area (Å²) in [6, 6.07) is 15.4. The zero-order valence-corrected chi connectivity index (χ0v) is 14.8. The van der Waals surface area contributed by atoms with E-state index >= 15 is 0 Å². The van der Waals surface area contributed by atoms with E-state index < -0.39 is 0 Å². The lowest BCUT2D eigenvalue weighted by atomic mass is 10.1. The fourth-order valence-corrected chi connectivity index (χ4v) is 2.76. The van der Waals surface area contributed by atoms with Crippen molar-refractivity contribution in [1.29, 1.82) is 0 Å². The highest BCUT2D eigenvalue weighted by atomic mass is 16.3. The summed E-state index contributed by atoms with van der Waals surface area (Å²) in [7, 11) is 0. The number of aryl methyl sites for hydroxylation is 1. The van der Waals surface area contributed by atoms with Crippen molar-refractivity contribution in [2.75, 3.05) is 0 Å². The van der Waals surface area contributed by atoms with Crippen molar-refractivity contribution < 1.29 is 9.21 Å². The lowest BCUT2D eigenvalue weighted by molar-refractivity contribution is 0.0946. The molecule has 3 heterocycles. The fraction of sp³-hybridized carbons (Fsp3) is 0.150. The van der Waals surface area contributed by atoms with Crippen LogP contribution in [0.25, 0.3) is 11.5 Å². The summed E-state index contributed by atoms with van der Waals surface area (Å²) in [5.74, 6) is 1.23.